The number of amides is 3. The molecule has 8 heteroatoms. The van der Waals surface area contributed by atoms with Gasteiger partial charge in [0, 0.05) is 51.6 Å². The van der Waals surface area contributed by atoms with Crippen LogP contribution in [-0.4, -0.2) is 91.5 Å². The molecule has 0 aliphatic rings. The smallest absolute Gasteiger partial charge is 0.222 e. The molecule has 0 aromatic carbocycles. The highest BCUT2D eigenvalue weighted by atomic mass is 19.1. The van der Waals surface area contributed by atoms with E-state index in [2.05, 4.69) is 54.6 Å². The quantitative estimate of drug-likeness (QED) is 0.0486. The number of carbonyl (C=O) groups excluding carboxylic acids is 3. The number of hydrogen-bond acceptors (Lipinski definition) is 4. The van der Waals surface area contributed by atoms with Gasteiger partial charge in [-0.05, 0) is 91.1 Å². The lowest BCUT2D eigenvalue weighted by Gasteiger charge is -2.29. The Hall–Kier alpha value is -1.70. The first kappa shape index (κ1) is 84.4. The molecule has 7 nitrogen and oxygen atoms in total. The third-order valence-electron chi connectivity index (χ3n) is 18.1. The predicted octanol–water partition coefficient (Wildman–Crippen LogP) is 23.8. The molecule has 0 bridgehead atoms. The van der Waals surface area contributed by atoms with Gasteiger partial charge in [0.05, 0.1) is 6.17 Å². The number of carbonyl (C=O) groups is 3. The van der Waals surface area contributed by atoms with E-state index in [1.807, 2.05) is 7.05 Å². The molecule has 3 amide bonds. The molecule has 0 saturated heterocycles. The first-order valence-electron chi connectivity index (χ1n) is 38.3. The van der Waals surface area contributed by atoms with E-state index in [-0.39, 0.29) is 0 Å². The van der Waals surface area contributed by atoms with Crippen LogP contribution in [0.4, 0.5) is 4.39 Å². The summed E-state index contributed by atoms with van der Waals surface area (Å²) in [5.41, 5.74) is 0. The Morgan fingerprint density at radius 1 is 0.333 bits per heavy atom. The Labute approximate surface area is 527 Å². The van der Waals surface area contributed by atoms with Crippen LogP contribution < -0.4 is 5.32 Å². The predicted molar refractivity (Wildman–Crippen MR) is 370 cm³/mol. The van der Waals surface area contributed by atoms with Gasteiger partial charge in [-0.1, -0.05) is 324 Å². The van der Waals surface area contributed by atoms with Crippen LogP contribution in [0.3, 0.4) is 0 Å². The minimum absolute atomic E-state index is 0.360. The number of hydrogen-bond donors (Lipinski definition) is 1. The average Bonchev–Trinajstić information content (AvgIpc) is 3.52. The summed E-state index contributed by atoms with van der Waals surface area (Å²) in [5.74, 6) is 0.814. The van der Waals surface area contributed by atoms with Crippen LogP contribution in [0.1, 0.15) is 414 Å². The zero-order valence-corrected chi connectivity index (χ0v) is 58.4. The van der Waals surface area contributed by atoms with Crippen LogP contribution in [0.2, 0.25) is 0 Å². The monoisotopic (exact) mass is 1190 g/mol. The van der Waals surface area contributed by atoms with E-state index in [9.17, 15) is 18.8 Å². The molecule has 0 spiro atoms. The topological polar surface area (TPSA) is 73.0 Å². The highest BCUT2D eigenvalue weighted by molar-refractivity contribution is 5.76. The molecule has 1 N–H and O–H groups in total. The fourth-order valence-electron chi connectivity index (χ4n) is 12.3. The summed E-state index contributed by atoms with van der Waals surface area (Å²) in [4.78, 5) is 46.3. The van der Waals surface area contributed by atoms with Crippen molar-refractivity contribution in [2.75, 3.05) is 46.3 Å². The standard InChI is InChI=1S/C70H139N3O3.C6H14FN/c1-6-11-16-21-26-35-44-53-62-71(63-54-45-36-27-22-17-12-7-2)69(75)60-51-42-33-31-40-49-58-68(73(67-74)66-57-48-39-30-25-20-15-10-5)59-50-41-32-34-43-52-61-70(76)72(64-55-46-37-28-23-18-13-8-3)65-56-47-38-29-24-19-14-9-4;1-6(7)4-3-5-8-2/h67-68H,6-66H2,1-5H3;6,8H,3-5H2,1-2H3. The van der Waals surface area contributed by atoms with E-state index in [1.165, 1.54) is 308 Å². The molecule has 0 heterocycles. The van der Waals surface area contributed by atoms with Gasteiger partial charge in [-0.25, -0.2) is 4.39 Å². The average molecular weight is 1190 g/mol. The van der Waals surface area contributed by atoms with Crippen LogP contribution in [0.5, 0.6) is 0 Å². The van der Waals surface area contributed by atoms with Crippen LogP contribution in [0, 0.1) is 0 Å². The first-order valence-corrected chi connectivity index (χ1v) is 38.3. The summed E-state index contributed by atoms with van der Waals surface area (Å²) >= 11 is 0. The van der Waals surface area contributed by atoms with Gasteiger partial charge in [0.25, 0.3) is 0 Å². The van der Waals surface area contributed by atoms with Crippen molar-refractivity contribution in [1.82, 2.24) is 20.0 Å². The van der Waals surface area contributed by atoms with E-state index in [0.717, 1.165) is 103 Å². The van der Waals surface area contributed by atoms with E-state index >= 15 is 0 Å². The van der Waals surface area contributed by atoms with Crippen LogP contribution in [-0.2, 0) is 14.4 Å². The molecule has 0 rings (SSSR count). The fraction of sp³-hybridized carbons (Fsp3) is 0.961. The molecule has 0 radical (unpaired) electrons. The highest BCUT2D eigenvalue weighted by Gasteiger charge is 2.18. The molecule has 0 aromatic heterocycles. The molecule has 84 heavy (non-hydrogen) atoms. The normalized spacial score (nSPS) is 11.8. The zero-order chi connectivity index (χ0) is 61.7. The van der Waals surface area contributed by atoms with Gasteiger partial charge in [-0.2, -0.15) is 0 Å². The Kier molecular flexibility index (Phi) is 72.4. The second-order valence-corrected chi connectivity index (χ2v) is 26.5. The summed E-state index contributed by atoms with van der Waals surface area (Å²) in [6.45, 7) is 18.7. The van der Waals surface area contributed by atoms with Crippen molar-refractivity contribution in [3.05, 3.63) is 0 Å². The van der Waals surface area contributed by atoms with E-state index in [0.29, 0.717) is 24.3 Å². The van der Waals surface area contributed by atoms with Crippen molar-refractivity contribution in [2.24, 2.45) is 0 Å². The van der Waals surface area contributed by atoms with Crippen molar-refractivity contribution < 1.29 is 18.8 Å². The minimum Gasteiger partial charge on any atom is -0.343 e. The summed E-state index contributed by atoms with van der Waals surface area (Å²) in [6.07, 6.45) is 72.4. The molecule has 0 aliphatic carbocycles. The third-order valence-corrected chi connectivity index (χ3v) is 18.1. The summed E-state index contributed by atoms with van der Waals surface area (Å²) in [7, 11) is 1.88. The van der Waals surface area contributed by atoms with Gasteiger partial charge in [0.15, 0.2) is 0 Å². The Bertz CT molecular complexity index is 1170. The SMILES string of the molecule is CCCCCCCCCCN(CCCCCCCCCC)C(=O)CCCCCCCCC(CCCCCCCCC(=O)N(CCCCCCCCCC)CCCCCCCCCC)N(C=O)CCCCCCCCCC.CNCCCC(C)F. The minimum atomic E-state index is -0.636. The molecular weight excluding hydrogens is 1040 g/mol. The van der Waals surface area contributed by atoms with Crippen LogP contribution >= 0.6 is 0 Å². The van der Waals surface area contributed by atoms with Gasteiger partial charge in [0.2, 0.25) is 18.2 Å². The zero-order valence-electron chi connectivity index (χ0n) is 58.4. The van der Waals surface area contributed by atoms with Crippen molar-refractivity contribution in [2.45, 2.75) is 426 Å². The number of rotatable bonds is 69. The number of halogens is 1. The molecule has 1 unspecified atom stereocenters. The maximum absolute atomic E-state index is 13.5. The Morgan fingerprint density at radius 2 is 0.571 bits per heavy atom. The van der Waals surface area contributed by atoms with Gasteiger partial charge >= 0.3 is 0 Å². The van der Waals surface area contributed by atoms with Crippen molar-refractivity contribution >= 4 is 18.2 Å². The number of nitrogens with one attached hydrogen (secondary N) is 1. The van der Waals surface area contributed by atoms with Crippen LogP contribution in [0.15, 0.2) is 0 Å². The third kappa shape index (κ3) is 63.3. The van der Waals surface area contributed by atoms with E-state index < -0.39 is 6.17 Å². The lowest BCUT2D eigenvalue weighted by molar-refractivity contribution is -0.132. The van der Waals surface area contributed by atoms with Gasteiger partial charge < -0.3 is 20.0 Å². The maximum Gasteiger partial charge on any atom is 0.222 e. The number of alkyl halides is 1. The van der Waals surface area contributed by atoms with E-state index in [4.69, 9.17) is 0 Å². The molecular formula is C76H153FN4O3. The Balaban J connectivity index is 0. The molecule has 1 atom stereocenters. The van der Waals surface area contributed by atoms with Gasteiger partial charge in [-0.15, -0.1) is 0 Å². The second-order valence-electron chi connectivity index (χ2n) is 26.5. The lowest BCUT2D eigenvalue weighted by atomic mass is 9.98. The molecule has 0 saturated carbocycles. The van der Waals surface area contributed by atoms with Crippen LogP contribution in [0.25, 0.3) is 0 Å². The second kappa shape index (κ2) is 72.0. The largest absolute Gasteiger partial charge is 0.343 e. The van der Waals surface area contributed by atoms with Crippen molar-refractivity contribution in [3.63, 3.8) is 0 Å². The van der Waals surface area contributed by atoms with Gasteiger partial charge in [0.1, 0.15) is 0 Å². The fourth-order valence-corrected chi connectivity index (χ4v) is 12.3. The molecule has 0 fully saturated rings. The Morgan fingerprint density at radius 3 is 0.821 bits per heavy atom. The van der Waals surface area contributed by atoms with Crippen molar-refractivity contribution in [3.8, 4) is 0 Å². The summed E-state index contributed by atoms with van der Waals surface area (Å²) in [5, 5.41) is 2.96. The maximum atomic E-state index is 13.5. The number of unbranched alkanes of at least 4 members (excludes halogenated alkanes) is 45. The van der Waals surface area contributed by atoms with Crippen molar-refractivity contribution in [1.29, 1.82) is 0 Å². The highest BCUT2D eigenvalue weighted by Crippen LogP contribution is 2.22. The number of nitrogens with zero attached hydrogens (tertiary/aromatic N) is 3. The molecule has 0 aromatic rings. The summed E-state index contributed by atoms with van der Waals surface area (Å²) < 4.78 is 12.0. The van der Waals surface area contributed by atoms with Gasteiger partial charge in [-0.3, -0.25) is 14.4 Å². The molecule has 502 valence electrons. The lowest BCUT2D eigenvalue weighted by Crippen LogP contribution is -2.35. The first-order chi connectivity index (χ1) is 41.2. The van der Waals surface area contributed by atoms with E-state index in [1.54, 1.807) is 6.92 Å². The molecule has 0 aliphatic heterocycles. The summed E-state index contributed by atoms with van der Waals surface area (Å²) in [6, 6.07) is 0.360.